The van der Waals surface area contributed by atoms with Gasteiger partial charge < -0.3 is 10.6 Å². The van der Waals surface area contributed by atoms with Crippen LogP contribution in [0.25, 0.3) is 0 Å². The second-order valence-corrected chi connectivity index (χ2v) is 3.76. The summed E-state index contributed by atoms with van der Waals surface area (Å²) in [5.41, 5.74) is 9.61. The molecule has 0 aliphatic carbocycles. The lowest BCUT2D eigenvalue weighted by Crippen LogP contribution is -2.41. The number of hydrogen-bond donors (Lipinski definition) is 4. The molecule has 0 fully saturated rings. The van der Waals surface area contributed by atoms with Crippen LogP contribution in [0.5, 0.6) is 0 Å². The monoisotopic (exact) mass is 211 g/mol. The third-order valence-corrected chi connectivity index (χ3v) is 2.83. The van der Waals surface area contributed by atoms with Gasteiger partial charge in [-0.3, -0.25) is 4.79 Å². The lowest BCUT2D eigenvalue weighted by Gasteiger charge is -2.18. The third-order valence-electron chi connectivity index (χ3n) is 1.91. The highest BCUT2D eigenvalue weighted by molar-refractivity contribution is 8.03. The van der Waals surface area contributed by atoms with E-state index in [1.54, 1.807) is 17.8 Å². The van der Waals surface area contributed by atoms with Crippen LogP contribution in [0.2, 0.25) is 0 Å². The number of rotatable bonds is 2. The van der Waals surface area contributed by atoms with Crippen LogP contribution in [-0.2, 0) is 4.79 Å². The number of nitrogens with zero attached hydrogens (tertiary/aromatic N) is 1. The van der Waals surface area contributed by atoms with Gasteiger partial charge in [-0.2, -0.15) is 5.53 Å². The zero-order valence-corrected chi connectivity index (χ0v) is 8.02. The molecule has 2 heterocycles. The highest BCUT2D eigenvalue weighted by Gasteiger charge is 2.24. The smallest absolute Gasteiger partial charge is 0.267 e. The summed E-state index contributed by atoms with van der Waals surface area (Å²) < 4.78 is 0. The van der Waals surface area contributed by atoms with Crippen molar-refractivity contribution in [3.8, 4) is 0 Å². The molecule has 74 valence electrons. The predicted octanol–water partition coefficient (Wildman–Crippen LogP) is 0.0396. The van der Waals surface area contributed by atoms with Gasteiger partial charge in [0.2, 0.25) is 0 Å². The van der Waals surface area contributed by atoms with Gasteiger partial charge in [0.05, 0.1) is 16.6 Å². The second kappa shape index (κ2) is 3.70. The zero-order chi connectivity index (χ0) is 9.97. The summed E-state index contributed by atoms with van der Waals surface area (Å²) in [5.74, 6) is 0.495. The minimum atomic E-state index is -0.435. The van der Waals surface area contributed by atoms with Crippen LogP contribution < -0.4 is 16.1 Å². The van der Waals surface area contributed by atoms with Gasteiger partial charge >= 0.3 is 0 Å². The number of allylic oxidation sites excluding steroid dienone is 1. The van der Waals surface area contributed by atoms with Crippen molar-refractivity contribution in [2.75, 3.05) is 5.88 Å². The normalized spacial score (nSPS) is 23.6. The molecule has 0 saturated heterocycles. The summed E-state index contributed by atoms with van der Waals surface area (Å²) in [4.78, 5) is 11.3. The Hall–Kier alpha value is -1.50. The number of hydrogen-bond acceptors (Lipinski definition) is 6. The van der Waals surface area contributed by atoms with Crippen molar-refractivity contribution < 1.29 is 4.79 Å². The molecule has 6 nitrogen and oxygen atoms in total. The molecule has 2 rings (SSSR count). The van der Waals surface area contributed by atoms with Crippen molar-refractivity contribution in [2.45, 2.75) is 6.04 Å². The van der Waals surface area contributed by atoms with E-state index < -0.39 is 6.04 Å². The van der Waals surface area contributed by atoms with E-state index in [0.29, 0.717) is 0 Å². The van der Waals surface area contributed by atoms with Crippen LogP contribution in [0, 0.1) is 5.53 Å². The minimum absolute atomic E-state index is 0.324. The van der Waals surface area contributed by atoms with E-state index in [4.69, 9.17) is 5.53 Å². The van der Waals surface area contributed by atoms with Crippen molar-refractivity contribution in [1.29, 1.82) is 5.53 Å². The van der Waals surface area contributed by atoms with E-state index in [1.165, 1.54) is 0 Å². The maximum absolute atomic E-state index is 11.3. The molecule has 0 bridgehead atoms. The molecule has 1 atom stereocenters. The first kappa shape index (κ1) is 9.07. The summed E-state index contributed by atoms with van der Waals surface area (Å²) in [5, 5.41) is 9.99. The molecule has 1 unspecified atom stereocenters. The van der Waals surface area contributed by atoms with Crippen molar-refractivity contribution in [1.82, 2.24) is 16.1 Å². The fourth-order valence-electron chi connectivity index (χ4n) is 1.26. The Balaban J connectivity index is 2.04. The van der Waals surface area contributed by atoms with Crippen LogP contribution in [-0.4, -0.2) is 17.8 Å². The van der Waals surface area contributed by atoms with Gasteiger partial charge in [0.25, 0.3) is 5.91 Å². The number of nitrogens with one attached hydrogen (secondary N) is 4. The molecule has 0 aromatic rings. The number of amides is 1. The molecule has 0 saturated carbocycles. The third kappa shape index (κ3) is 1.58. The molecule has 1 amide bonds. The highest BCUT2D eigenvalue weighted by atomic mass is 32.2. The van der Waals surface area contributed by atoms with Gasteiger partial charge in [0.15, 0.2) is 0 Å². The summed E-state index contributed by atoms with van der Waals surface area (Å²) in [7, 11) is 0. The fourth-order valence-corrected chi connectivity index (χ4v) is 2.14. The molecule has 14 heavy (non-hydrogen) atoms. The summed E-state index contributed by atoms with van der Waals surface area (Å²) in [6.07, 6.45) is 3.60. The Kier molecular flexibility index (Phi) is 2.40. The molecule has 0 aromatic heterocycles. The Morgan fingerprint density at radius 1 is 1.79 bits per heavy atom. The number of carbonyl (C=O) groups is 1. The van der Waals surface area contributed by atoms with Crippen molar-refractivity contribution in [2.24, 2.45) is 5.22 Å². The van der Waals surface area contributed by atoms with E-state index in [1.807, 2.05) is 6.08 Å². The van der Waals surface area contributed by atoms with Gasteiger partial charge in [0, 0.05) is 0 Å². The SMILES string of the molecule is N=NNC(=O)C1C=CC2=C(N1)SCN2. The Morgan fingerprint density at radius 3 is 3.43 bits per heavy atom. The lowest BCUT2D eigenvalue weighted by atomic mass is 10.2. The first-order valence-corrected chi connectivity index (χ1v) is 5.02. The maximum atomic E-state index is 11.3. The molecule has 2 aliphatic rings. The van der Waals surface area contributed by atoms with Crippen LogP contribution in [0.4, 0.5) is 0 Å². The van der Waals surface area contributed by atoms with Crippen LogP contribution >= 0.6 is 11.8 Å². The molecular formula is C7H9N5OS. The van der Waals surface area contributed by atoms with Crippen molar-refractivity contribution in [3.05, 3.63) is 22.9 Å². The van der Waals surface area contributed by atoms with E-state index in [9.17, 15) is 4.79 Å². The Labute approximate surface area is 84.7 Å². The van der Waals surface area contributed by atoms with Gasteiger partial charge in [-0.25, -0.2) is 5.43 Å². The van der Waals surface area contributed by atoms with Gasteiger partial charge in [-0.15, -0.1) is 0 Å². The second-order valence-electron chi connectivity index (χ2n) is 2.78. The Morgan fingerprint density at radius 2 is 2.64 bits per heavy atom. The minimum Gasteiger partial charge on any atom is -0.374 e. The molecule has 2 aliphatic heterocycles. The molecular weight excluding hydrogens is 202 g/mol. The average molecular weight is 211 g/mol. The Bertz CT molecular complexity index is 337. The zero-order valence-electron chi connectivity index (χ0n) is 7.20. The quantitative estimate of drug-likeness (QED) is 0.383. The van der Waals surface area contributed by atoms with Gasteiger partial charge in [-0.05, 0) is 6.08 Å². The number of dihydropyridines is 1. The summed E-state index contributed by atoms with van der Waals surface area (Å²) >= 11 is 1.61. The number of carbonyl (C=O) groups excluding carboxylic acids is 1. The van der Waals surface area contributed by atoms with Crippen LogP contribution in [0.3, 0.4) is 0 Å². The van der Waals surface area contributed by atoms with Crippen molar-refractivity contribution in [3.63, 3.8) is 0 Å². The highest BCUT2D eigenvalue weighted by Crippen LogP contribution is 2.25. The van der Waals surface area contributed by atoms with Crippen LogP contribution in [0.1, 0.15) is 0 Å². The van der Waals surface area contributed by atoms with Crippen molar-refractivity contribution >= 4 is 17.7 Å². The topological polar surface area (TPSA) is 89.4 Å². The average Bonchev–Trinajstić information content (AvgIpc) is 2.64. The summed E-state index contributed by atoms with van der Waals surface area (Å²) in [6, 6.07) is -0.435. The predicted molar refractivity (Wildman–Crippen MR) is 52.0 cm³/mol. The maximum Gasteiger partial charge on any atom is 0.267 e. The molecule has 4 N–H and O–H groups in total. The lowest BCUT2D eigenvalue weighted by molar-refractivity contribution is -0.122. The van der Waals surface area contributed by atoms with E-state index in [2.05, 4.69) is 21.3 Å². The molecule has 7 heteroatoms. The molecule has 0 aromatic carbocycles. The standard InChI is InChI=1S/C7H9N5OS/c8-12-11-6(13)4-1-2-5-7(10-4)14-3-9-5/h1-2,4,9-10H,3H2,(H2,8,11,13). The first-order valence-electron chi connectivity index (χ1n) is 4.03. The van der Waals surface area contributed by atoms with Crippen LogP contribution in [0.15, 0.2) is 28.1 Å². The van der Waals surface area contributed by atoms with E-state index >= 15 is 0 Å². The van der Waals surface area contributed by atoms with Gasteiger partial charge in [0.1, 0.15) is 6.04 Å². The van der Waals surface area contributed by atoms with Gasteiger partial charge in [-0.1, -0.05) is 23.1 Å². The van der Waals surface area contributed by atoms with E-state index in [0.717, 1.165) is 16.6 Å². The molecule has 0 spiro atoms. The van der Waals surface area contributed by atoms with E-state index in [-0.39, 0.29) is 5.91 Å². The fraction of sp³-hybridized carbons (Fsp3) is 0.286. The largest absolute Gasteiger partial charge is 0.374 e. The number of thioether (sulfide) groups is 1. The first-order chi connectivity index (χ1) is 6.81. The molecule has 0 radical (unpaired) electrons. The summed E-state index contributed by atoms with van der Waals surface area (Å²) in [6.45, 7) is 0.